The second-order valence-electron chi connectivity index (χ2n) is 5.61. The maximum Gasteiger partial charge on any atom is 0.232 e. The smallest absolute Gasteiger partial charge is 0.232 e. The first-order valence-electron chi connectivity index (χ1n) is 7.69. The van der Waals surface area contributed by atoms with Gasteiger partial charge in [-0.1, -0.05) is 0 Å². The van der Waals surface area contributed by atoms with Gasteiger partial charge in [0.15, 0.2) is 11.5 Å². The topological polar surface area (TPSA) is 50.8 Å². The number of carbonyl (C=O) groups excluding carboxylic acids is 1. The maximum absolute atomic E-state index is 12.0. The van der Waals surface area contributed by atoms with Gasteiger partial charge in [0.25, 0.3) is 0 Å². The molecular weight excluding hydrogens is 300 g/mol. The highest BCUT2D eigenvalue weighted by Crippen LogP contribution is 2.33. The van der Waals surface area contributed by atoms with Gasteiger partial charge in [-0.3, -0.25) is 4.79 Å². The molecule has 1 amide bonds. The van der Waals surface area contributed by atoms with Crippen molar-refractivity contribution in [2.24, 2.45) is 0 Å². The first kappa shape index (κ1) is 15.3. The molecule has 6 heteroatoms. The van der Waals surface area contributed by atoms with Crippen LogP contribution >= 0.6 is 11.8 Å². The number of ether oxygens (including phenoxy) is 2. The first-order valence-corrected chi connectivity index (χ1v) is 9.08. The summed E-state index contributed by atoms with van der Waals surface area (Å²) < 4.78 is 11.1. The fourth-order valence-corrected chi connectivity index (χ4v) is 3.33. The highest BCUT2D eigenvalue weighted by molar-refractivity contribution is 7.99. The van der Waals surface area contributed by atoms with Crippen LogP contribution in [0.3, 0.4) is 0 Å². The van der Waals surface area contributed by atoms with Crippen LogP contribution in [0.5, 0.6) is 11.5 Å². The minimum Gasteiger partial charge on any atom is -0.486 e. The Morgan fingerprint density at radius 2 is 2.18 bits per heavy atom. The maximum atomic E-state index is 12.0. The average Bonchev–Trinajstić information content (AvgIpc) is 2.55. The summed E-state index contributed by atoms with van der Waals surface area (Å²) in [7, 11) is 0. The van der Waals surface area contributed by atoms with Crippen LogP contribution in [0.1, 0.15) is 12.8 Å². The number of rotatable bonds is 4. The predicted molar refractivity (Wildman–Crippen MR) is 89.0 cm³/mol. The molecule has 1 fully saturated rings. The van der Waals surface area contributed by atoms with Crippen molar-refractivity contribution in [1.29, 1.82) is 0 Å². The summed E-state index contributed by atoms with van der Waals surface area (Å²) in [6.07, 6.45) is 4.09. The molecule has 1 aromatic rings. The van der Waals surface area contributed by atoms with Crippen LogP contribution in [0, 0.1) is 0 Å². The van der Waals surface area contributed by atoms with Crippen LogP contribution in [0.2, 0.25) is 0 Å². The molecule has 0 radical (unpaired) electrons. The fourth-order valence-electron chi connectivity index (χ4n) is 2.91. The lowest BCUT2D eigenvalue weighted by Gasteiger charge is -2.34. The number of nitrogens with one attached hydrogen (secondary N) is 1. The van der Waals surface area contributed by atoms with Gasteiger partial charge in [0.2, 0.25) is 5.91 Å². The third kappa shape index (κ3) is 3.61. The standard InChI is InChI=1S/C16H22N2O3S/c1-22-11-16(19)18-6-2-3-13(10-18)17-12-4-5-14-15(9-12)21-8-7-20-14/h4-5,9,13,17H,2-3,6-8,10-11H2,1H3/t13-/m1/s1. The summed E-state index contributed by atoms with van der Waals surface area (Å²) in [5, 5.41) is 3.52. The van der Waals surface area contributed by atoms with Crippen molar-refractivity contribution in [3.8, 4) is 11.5 Å². The number of thioether (sulfide) groups is 1. The molecule has 0 spiro atoms. The quantitative estimate of drug-likeness (QED) is 0.921. The van der Waals surface area contributed by atoms with E-state index in [1.165, 1.54) is 0 Å². The van der Waals surface area contributed by atoms with E-state index in [1.807, 2.05) is 29.4 Å². The summed E-state index contributed by atoms with van der Waals surface area (Å²) in [5.74, 6) is 2.40. The fraction of sp³-hybridized carbons (Fsp3) is 0.562. The number of amides is 1. The predicted octanol–water partition coefficient (Wildman–Crippen LogP) is 2.22. The van der Waals surface area contributed by atoms with Gasteiger partial charge in [-0.2, -0.15) is 11.8 Å². The van der Waals surface area contributed by atoms with E-state index in [2.05, 4.69) is 5.32 Å². The lowest BCUT2D eigenvalue weighted by atomic mass is 10.1. The molecule has 22 heavy (non-hydrogen) atoms. The molecule has 0 aliphatic carbocycles. The lowest BCUT2D eigenvalue weighted by Crippen LogP contribution is -2.45. The van der Waals surface area contributed by atoms with Crippen LogP contribution in [0.15, 0.2) is 18.2 Å². The summed E-state index contributed by atoms with van der Waals surface area (Å²) in [5.41, 5.74) is 1.02. The van der Waals surface area contributed by atoms with Crippen molar-refractivity contribution in [1.82, 2.24) is 4.90 Å². The minimum atomic E-state index is 0.237. The summed E-state index contributed by atoms with van der Waals surface area (Å²) in [4.78, 5) is 14.0. The Bertz CT molecular complexity index is 538. The molecule has 1 atom stereocenters. The normalized spacial score (nSPS) is 20.6. The number of hydrogen-bond donors (Lipinski definition) is 1. The highest BCUT2D eigenvalue weighted by atomic mass is 32.2. The zero-order valence-corrected chi connectivity index (χ0v) is 13.7. The highest BCUT2D eigenvalue weighted by Gasteiger charge is 2.23. The monoisotopic (exact) mass is 322 g/mol. The van der Waals surface area contributed by atoms with Crippen LogP contribution < -0.4 is 14.8 Å². The van der Waals surface area contributed by atoms with E-state index in [1.54, 1.807) is 11.8 Å². The second-order valence-corrected chi connectivity index (χ2v) is 6.48. The Labute approximate surface area is 135 Å². The van der Waals surface area contributed by atoms with Gasteiger partial charge < -0.3 is 19.7 Å². The zero-order chi connectivity index (χ0) is 15.4. The Hall–Kier alpha value is -1.56. The number of piperidine rings is 1. The molecule has 2 aliphatic heterocycles. The van der Waals surface area contributed by atoms with Crippen molar-refractivity contribution in [2.75, 3.05) is 43.6 Å². The van der Waals surface area contributed by atoms with Gasteiger partial charge in [0.05, 0.1) is 5.75 Å². The Balaban J connectivity index is 1.61. The van der Waals surface area contributed by atoms with Gasteiger partial charge >= 0.3 is 0 Å². The van der Waals surface area contributed by atoms with Crippen molar-refractivity contribution < 1.29 is 14.3 Å². The summed E-state index contributed by atoms with van der Waals surface area (Å²) in [6, 6.07) is 6.23. The van der Waals surface area contributed by atoms with Crippen molar-refractivity contribution in [3.63, 3.8) is 0 Å². The molecule has 3 rings (SSSR count). The van der Waals surface area contributed by atoms with Crippen molar-refractivity contribution in [2.45, 2.75) is 18.9 Å². The lowest BCUT2D eigenvalue weighted by molar-refractivity contribution is -0.129. The van der Waals surface area contributed by atoms with E-state index >= 15 is 0 Å². The van der Waals surface area contributed by atoms with E-state index in [4.69, 9.17) is 9.47 Å². The van der Waals surface area contributed by atoms with Gasteiger partial charge in [0, 0.05) is 30.9 Å². The van der Waals surface area contributed by atoms with Crippen molar-refractivity contribution >= 4 is 23.4 Å². The molecule has 0 unspecified atom stereocenters. The van der Waals surface area contributed by atoms with E-state index in [0.717, 1.165) is 43.1 Å². The van der Waals surface area contributed by atoms with E-state index < -0.39 is 0 Å². The van der Waals surface area contributed by atoms with Crippen LogP contribution in [0.25, 0.3) is 0 Å². The van der Waals surface area contributed by atoms with E-state index in [-0.39, 0.29) is 5.91 Å². The number of likely N-dealkylation sites (tertiary alicyclic amines) is 1. The zero-order valence-electron chi connectivity index (χ0n) is 12.8. The molecule has 1 N–H and O–H groups in total. The molecular formula is C16H22N2O3S. The van der Waals surface area contributed by atoms with E-state index in [9.17, 15) is 4.79 Å². The van der Waals surface area contributed by atoms with Crippen LogP contribution in [-0.2, 0) is 4.79 Å². The van der Waals surface area contributed by atoms with Crippen molar-refractivity contribution in [3.05, 3.63) is 18.2 Å². The Morgan fingerprint density at radius 1 is 1.36 bits per heavy atom. The Kier molecular flexibility index (Phi) is 4.97. The van der Waals surface area contributed by atoms with Gasteiger partial charge in [-0.15, -0.1) is 0 Å². The number of nitrogens with zero attached hydrogens (tertiary/aromatic N) is 1. The number of anilines is 1. The molecule has 120 valence electrons. The van der Waals surface area contributed by atoms with Crippen LogP contribution in [0.4, 0.5) is 5.69 Å². The third-order valence-corrected chi connectivity index (χ3v) is 4.49. The summed E-state index contributed by atoms with van der Waals surface area (Å²) >= 11 is 1.58. The molecule has 2 heterocycles. The number of fused-ring (bicyclic) bond motifs is 1. The number of carbonyl (C=O) groups is 1. The first-order chi connectivity index (χ1) is 10.8. The molecule has 1 saturated heterocycles. The van der Waals surface area contributed by atoms with Crippen LogP contribution in [-0.4, -0.2) is 55.2 Å². The largest absolute Gasteiger partial charge is 0.486 e. The SMILES string of the molecule is CSCC(=O)N1CCC[C@@H](Nc2ccc3c(c2)OCCO3)C1. The molecule has 0 saturated carbocycles. The molecule has 1 aromatic carbocycles. The third-order valence-electron chi connectivity index (χ3n) is 3.95. The van der Waals surface area contributed by atoms with Gasteiger partial charge in [-0.25, -0.2) is 0 Å². The molecule has 2 aliphatic rings. The average molecular weight is 322 g/mol. The number of benzene rings is 1. The van der Waals surface area contributed by atoms with E-state index in [0.29, 0.717) is 25.0 Å². The van der Waals surface area contributed by atoms with Gasteiger partial charge in [-0.05, 0) is 31.2 Å². The molecule has 5 nitrogen and oxygen atoms in total. The van der Waals surface area contributed by atoms with Gasteiger partial charge in [0.1, 0.15) is 13.2 Å². The minimum absolute atomic E-state index is 0.237. The second kappa shape index (κ2) is 7.13. The molecule has 0 bridgehead atoms. The Morgan fingerprint density at radius 3 is 3.00 bits per heavy atom. The molecule has 0 aromatic heterocycles. The number of hydrogen-bond acceptors (Lipinski definition) is 5. The summed E-state index contributed by atoms with van der Waals surface area (Å²) in [6.45, 7) is 2.85.